The number of methoxy groups -OCH3 is 1. The number of hydrogen-bond donors (Lipinski definition) is 3. The zero-order chi connectivity index (χ0) is 12.8. The molecule has 1 heterocycles. The van der Waals surface area contributed by atoms with Gasteiger partial charge in [0.25, 0.3) is 5.91 Å². The van der Waals surface area contributed by atoms with Crippen molar-refractivity contribution in [1.82, 2.24) is 4.98 Å². The maximum Gasteiger partial charge on any atom is 0.252 e. The van der Waals surface area contributed by atoms with Crippen LogP contribution in [0.1, 0.15) is 23.7 Å². The largest absolute Gasteiger partial charge is 0.397 e. The third-order valence-electron chi connectivity index (χ3n) is 2.38. The lowest BCUT2D eigenvalue weighted by molar-refractivity contribution is 0.100. The van der Waals surface area contributed by atoms with Crippen LogP contribution < -0.4 is 16.8 Å². The van der Waals surface area contributed by atoms with E-state index in [1.54, 1.807) is 7.11 Å². The second kappa shape index (κ2) is 6.05. The van der Waals surface area contributed by atoms with Crippen molar-refractivity contribution in [2.75, 3.05) is 24.8 Å². The summed E-state index contributed by atoms with van der Waals surface area (Å²) in [4.78, 5) is 15.3. The highest BCUT2D eigenvalue weighted by Crippen LogP contribution is 2.16. The summed E-state index contributed by atoms with van der Waals surface area (Å²) in [6.45, 7) is 2.54. The quantitative estimate of drug-likeness (QED) is 0.673. The predicted octanol–water partition coefficient (Wildman–Crippen LogP) is 0.600. The van der Waals surface area contributed by atoms with Crippen molar-refractivity contribution in [2.45, 2.75) is 19.4 Å². The zero-order valence-corrected chi connectivity index (χ0v) is 10.1. The first-order valence-corrected chi connectivity index (χ1v) is 5.39. The Labute approximate surface area is 100 Å². The molecule has 0 aliphatic carbocycles. The van der Waals surface area contributed by atoms with Gasteiger partial charge in [-0.05, 0) is 12.5 Å². The van der Waals surface area contributed by atoms with Crippen LogP contribution in [-0.4, -0.2) is 30.6 Å². The van der Waals surface area contributed by atoms with E-state index in [0.29, 0.717) is 23.7 Å². The predicted molar refractivity (Wildman–Crippen MR) is 66.7 cm³/mol. The van der Waals surface area contributed by atoms with E-state index in [0.717, 1.165) is 6.42 Å². The van der Waals surface area contributed by atoms with Crippen LogP contribution in [0.15, 0.2) is 12.3 Å². The molecule has 1 rings (SSSR count). The maximum absolute atomic E-state index is 11.3. The molecule has 0 aromatic carbocycles. The Morgan fingerprint density at radius 2 is 2.35 bits per heavy atom. The molecule has 0 saturated heterocycles. The number of primary amides is 1. The fourth-order valence-corrected chi connectivity index (χ4v) is 1.44. The molecule has 1 amide bonds. The van der Waals surface area contributed by atoms with E-state index in [9.17, 15) is 4.79 Å². The van der Waals surface area contributed by atoms with Crippen molar-refractivity contribution in [3.05, 3.63) is 17.8 Å². The fraction of sp³-hybridized carbons (Fsp3) is 0.455. The van der Waals surface area contributed by atoms with Gasteiger partial charge in [0.05, 0.1) is 30.1 Å². The average molecular weight is 238 g/mol. The summed E-state index contributed by atoms with van der Waals surface area (Å²) < 4.78 is 5.06. The van der Waals surface area contributed by atoms with E-state index in [-0.39, 0.29) is 6.04 Å². The third kappa shape index (κ3) is 3.60. The second-order valence-corrected chi connectivity index (χ2v) is 3.73. The number of anilines is 2. The summed E-state index contributed by atoms with van der Waals surface area (Å²) in [5, 5.41) is 3.11. The number of amides is 1. The molecule has 1 unspecified atom stereocenters. The van der Waals surface area contributed by atoms with Gasteiger partial charge in [-0.2, -0.15) is 0 Å². The van der Waals surface area contributed by atoms with E-state index in [2.05, 4.69) is 10.3 Å². The van der Waals surface area contributed by atoms with Crippen LogP contribution in [0.2, 0.25) is 0 Å². The van der Waals surface area contributed by atoms with Crippen molar-refractivity contribution >= 4 is 17.4 Å². The highest BCUT2D eigenvalue weighted by atomic mass is 16.5. The molecular weight excluding hydrogens is 220 g/mol. The number of carbonyl (C=O) groups excluding carboxylic acids is 1. The second-order valence-electron chi connectivity index (χ2n) is 3.73. The Bertz CT molecular complexity index is 395. The maximum atomic E-state index is 11.3. The number of nitrogens with one attached hydrogen (secondary N) is 1. The number of pyridine rings is 1. The molecule has 0 spiro atoms. The smallest absolute Gasteiger partial charge is 0.252 e. The van der Waals surface area contributed by atoms with Gasteiger partial charge in [0.2, 0.25) is 0 Å². The molecule has 0 aliphatic rings. The van der Waals surface area contributed by atoms with Crippen molar-refractivity contribution < 1.29 is 9.53 Å². The molecule has 0 aliphatic heterocycles. The van der Waals surface area contributed by atoms with Crippen molar-refractivity contribution in [2.24, 2.45) is 5.73 Å². The number of nitrogens with two attached hydrogens (primary N) is 2. The normalized spacial score (nSPS) is 12.1. The molecule has 6 heteroatoms. The van der Waals surface area contributed by atoms with Crippen LogP contribution >= 0.6 is 0 Å². The lowest BCUT2D eigenvalue weighted by Gasteiger charge is -2.18. The van der Waals surface area contributed by atoms with Crippen molar-refractivity contribution in [3.8, 4) is 0 Å². The summed E-state index contributed by atoms with van der Waals surface area (Å²) in [7, 11) is 1.62. The number of aromatic nitrogens is 1. The van der Waals surface area contributed by atoms with Gasteiger partial charge in [-0.3, -0.25) is 4.79 Å². The topological polar surface area (TPSA) is 103 Å². The standard InChI is InChI=1S/C11H18N4O2/c1-3-8(6-17-2)15-11-9(10(13)16)4-7(12)5-14-11/h4-5,8H,3,6,12H2,1-2H3,(H2,13,16)(H,14,15). The van der Waals surface area contributed by atoms with Gasteiger partial charge in [-0.15, -0.1) is 0 Å². The van der Waals surface area contributed by atoms with Crippen LogP contribution in [-0.2, 0) is 4.74 Å². The Hall–Kier alpha value is -1.82. The number of nitrogen functional groups attached to an aromatic ring is 1. The lowest BCUT2D eigenvalue weighted by atomic mass is 10.2. The van der Waals surface area contributed by atoms with Gasteiger partial charge in [-0.1, -0.05) is 6.92 Å². The number of nitrogens with zero attached hydrogens (tertiary/aromatic N) is 1. The lowest BCUT2D eigenvalue weighted by Crippen LogP contribution is -2.26. The van der Waals surface area contributed by atoms with Gasteiger partial charge >= 0.3 is 0 Å². The first-order valence-electron chi connectivity index (χ1n) is 5.39. The summed E-state index contributed by atoms with van der Waals surface area (Å²) in [6, 6.07) is 1.59. The molecule has 1 atom stereocenters. The summed E-state index contributed by atoms with van der Waals surface area (Å²) in [5.74, 6) is -0.116. The molecule has 6 nitrogen and oxygen atoms in total. The van der Waals surface area contributed by atoms with Crippen molar-refractivity contribution in [3.63, 3.8) is 0 Å². The van der Waals surface area contributed by atoms with Crippen LogP contribution in [0.4, 0.5) is 11.5 Å². The fourth-order valence-electron chi connectivity index (χ4n) is 1.44. The SMILES string of the molecule is CCC(COC)Nc1ncc(N)cc1C(N)=O. The van der Waals surface area contributed by atoms with E-state index in [1.807, 2.05) is 6.92 Å². The van der Waals surface area contributed by atoms with E-state index in [1.165, 1.54) is 12.3 Å². The van der Waals surface area contributed by atoms with E-state index < -0.39 is 5.91 Å². The molecule has 0 radical (unpaired) electrons. The molecule has 1 aromatic heterocycles. The summed E-state index contributed by atoms with van der Waals surface area (Å²) >= 11 is 0. The summed E-state index contributed by atoms with van der Waals surface area (Å²) in [5.41, 5.74) is 11.5. The van der Waals surface area contributed by atoms with Crippen LogP contribution in [0, 0.1) is 0 Å². The Morgan fingerprint density at radius 1 is 1.65 bits per heavy atom. The molecular formula is C11H18N4O2. The van der Waals surface area contributed by atoms with Gasteiger partial charge in [0.15, 0.2) is 0 Å². The Morgan fingerprint density at radius 3 is 2.88 bits per heavy atom. The van der Waals surface area contributed by atoms with E-state index >= 15 is 0 Å². The zero-order valence-electron chi connectivity index (χ0n) is 10.1. The Balaban J connectivity index is 2.92. The van der Waals surface area contributed by atoms with Crippen LogP contribution in [0.25, 0.3) is 0 Å². The molecule has 94 valence electrons. The molecule has 0 saturated carbocycles. The highest BCUT2D eigenvalue weighted by molar-refractivity contribution is 5.98. The Kier molecular flexibility index (Phi) is 4.71. The van der Waals surface area contributed by atoms with Crippen LogP contribution in [0.5, 0.6) is 0 Å². The minimum Gasteiger partial charge on any atom is -0.397 e. The number of rotatable bonds is 6. The molecule has 0 fully saturated rings. The van der Waals surface area contributed by atoms with Gasteiger partial charge in [0.1, 0.15) is 5.82 Å². The third-order valence-corrected chi connectivity index (χ3v) is 2.38. The van der Waals surface area contributed by atoms with Gasteiger partial charge < -0.3 is 21.5 Å². The number of carbonyl (C=O) groups is 1. The molecule has 0 bridgehead atoms. The monoisotopic (exact) mass is 238 g/mol. The van der Waals surface area contributed by atoms with Gasteiger partial charge in [-0.25, -0.2) is 4.98 Å². The molecule has 1 aromatic rings. The summed E-state index contributed by atoms with van der Waals surface area (Å²) in [6.07, 6.45) is 2.33. The number of hydrogen-bond acceptors (Lipinski definition) is 5. The minimum absolute atomic E-state index is 0.0780. The van der Waals surface area contributed by atoms with E-state index in [4.69, 9.17) is 16.2 Å². The minimum atomic E-state index is -0.556. The molecule has 17 heavy (non-hydrogen) atoms. The molecule has 5 N–H and O–H groups in total. The van der Waals surface area contributed by atoms with Crippen molar-refractivity contribution in [1.29, 1.82) is 0 Å². The number of ether oxygens (including phenoxy) is 1. The first kappa shape index (κ1) is 13.2. The first-order chi connectivity index (χ1) is 8.08. The van der Waals surface area contributed by atoms with Crippen LogP contribution in [0.3, 0.4) is 0 Å². The van der Waals surface area contributed by atoms with Gasteiger partial charge in [0, 0.05) is 7.11 Å². The average Bonchev–Trinajstić information content (AvgIpc) is 2.30. The highest BCUT2D eigenvalue weighted by Gasteiger charge is 2.13.